The molecule has 5 nitrogen and oxygen atoms in total. The van der Waals surface area contributed by atoms with Crippen LogP contribution in [0.3, 0.4) is 0 Å². The van der Waals surface area contributed by atoms with E-state index in [1.807, 2.05) is 30.3 Å². The molecule has 0 aliphatic heterocycles. The van der Waals surface area contributed by atoms with Crippen LogP contribution in [0.15, 0.2) is 42.5 Å². The Morgan fingerprint density at radius 1 is 1.05 bits per heavy atom. The topological polar surface area (TPSA) is 77.3 Å². The number of rotatable bonds is 6. The van der Waals surface area contributed by atoms with Gasteiger partial charge in [-0.1, -0.05) is 42.5 Å². The number of hydrogen-bond acceptors (Lipinski definition) is 4. The summed E-state index contributed by atoms with van der Waals surface area (Å²) < 4.78 is 0. The third kappa shape index (κ3) is 3.19. The van der Waals surface area contributed by atoms with Crippen molar-refractivity contribution >= 4 is 22.3 Å². The van der Waals surface area contributed by atoms with Crippen LogP contribution in [0.5, 0.6) is 0 Å². The average Bonchev–Trinajstić information content (AvgIpc) is 2.44. The summed E-state index contributed by atoms with van der Waals surface area (Å²) in [4.78, 5) is 34.3. The molecule has 0 aliphatic rings. The van der Waals surface area contributed by atoms with E-state index in [1.54, 1.807) is 12.1 Å². The molecule has 1 atom stereocenters. The SMILES string of the molecule is CC(=O)C(C(C)=O)[C@@H](C[N+](=O)[O-])c1cccc2ccccc12. The summed E-state index contributed by atoms with van der Waals surface area (Å²) >= 11 is 0. The Morgan fingerprint density at radius 3 is 2.23 bits per heavy atom. The summed E-state index contributed by atoms with van der Waals surface area (Å²) in [6.45, 7) is 2.17. The molecule has 0 spiro atoms. The summed E-state index contributed by atoms with van der Waals surface area (Å²) in [5, 5.41) is 12.8. The molecule has 0 unspecified atom stereocenters. The van der Waals surface area contributed by atoms with Gasteiger partial charge in [0.2, 0.25) is 6.54 Å². The average molecular weight is 299 g/mol. The predicted octanol–water partition coefficient (Wildman–Crippen LogP) is 2.99. The molecule has 114 valence electrons. The molecule has 2 aromatic carbocycles. The second-order valence-corrected chi connectivity index (χ2v) is 5.39. The molecule has 0 fully saturated rings. The number of carbonyl (C=O) groups excluding carboxylic acids is 2. The first kappa shape index (κ1) is 15.8. The van der Waals surface area contributed by atoms with E-state index in [1.165, 1.54) is 13.8 Å². The molecule has 0 heterocycles. The van der Waals surface area contributed by atoms with Crippen LogP contribution >= 0.6 is 0 Å². The van der Waals surface area contributed by atoms with Crippen molar-refractivity contribution in [3.63, 3.8) is 0 Å². The Hall–Kier alpha value is -2.56. The van der Waals surface area contributed by atoms with Gasteiger partial charge in [0.1, 0.15) is 11.6 Å². The number of carbonyl (C=O) groups is 2. The van der Waals surface area contributed by atoms with Gasteiger partial charge < -0.3 is 0 Å². The molecule has 5 heteroatoms. The lowest BCUT2D eigenvalue weighted by Crippen LogP contribution is -2.31. The fourth-order valence-electron chi connectivity index (χ4n) is 2.97. The van der Waals surface area contributed by atoms with Crippen molar-refractivity contribution in [1.29, 1.82) is 0 Å². The van der Waals surface area contributed by atoms with Crippen LogP contribution in [-0.2, 0) is 9.59 Å². The normalized spacial score (nSPS) is 12.3. The van der Waals surface area contributed by atoms with Crippen molar-refractivity contribution < 1.29 is 14.5 Å². The summed E-state index contributed by atoms with van der Waals surface area (Å²) in [6, 6.07) is 12.9. The highest BCUT2D eigenvalue weighted by atomic mass is 16.6. The lowest BCUT2D eigenvalue weighted by Gasteiger charge is -2.21. The van der Waals surface area contributed by atoms with Crippen LogP contribution in [0.1, 0.15) is 25.3 Å². The van der Waals surface area contributed by atoms with Crippen molar-refractivity contribution in [3.8, 4) is 0 Å². The van der Waals surface area contributed by atoms with Gasteiger partial charge in [-0.2, -0.15) is 0 Å². The lowest BCUT2D eigenvalue weighted by molar-refractivity contribution is -0.484. The van der Waals surface area contributed by atoms with E-state index >= 15 is 0 Å². The molecule has 0 saturated carbocycles. The van der Waals surface area contributed by atoms with Crippen LogP contribution in [0.4, 0.5) is 0 Å². The summed E-state index contributed by atoms with van der Waals surface area (Å²) in [5.74, 6) is -2.42. The van der Waals surface area contributed by atoms with Crippen LogP contribution in [-0.4, -0.2) is 23.0 Å². The molecule has 0 N–H and O–H groups in total. The van der Waals surface area contributed by atoms with Gasteiger partial charge in [0.15, 0.2) is 0 Å². The van der Waals surface area contributed by atoms with Crippen molar-refractivity contribution in [2.24, 2.45) is 5.92 Å². The second kappa shape index (κ2) is 6.47. The van der Waals surface area contributed by atoms with E-state index in [-0.39, 0.29) is 11.6 Å². The van der Waals surface area contributed by atoms with E-state index in [4.69, 9.17) is 0 Å². The molecule has 0 radical (unpaired) electrons. The van der Waals surface area contributed by atoms with Crippen molar-refractivity contribution in [2.45, 2.75) is 19.8 Å². The zero-order chi connectivity index (χ0) is 16.3. The minimum Gasteiger partial charge on any atom is -0.299 e. The summed E-state index contributed by atoms with van der Waals surface area (Å²) in [6.07, 6.45) is 0. The number of hydrogen-bond donors (Lipinski definition) is 0. The van der Waals surface area contributed by atoms with E-state index in [2.05, 4.69) is 0 Å². The van der Waals surface area contributed by atoms with Gasteiger partial charge in [-0.15, -0.1) is 0 Å². The smallest absolute Gasteiger partial charge is 0.211 e. The maximum Gasteiger partial charge on any atom is 0.211 e. The number of nitrogens with zero attached hydrogens (tertiary/aromatic N) is 1. The monoisotopic (exact) mass is 299 g/mol. The first-order chi connectivity index (χ1) is 10.4. The Morgan fingerprint density at radius 2 is 1.64 bits per heavy atom. The van der Waals surface area contributed by atoms with Crippen LogP contribution < -0.4 is 0 Å². The van der Waals surface area contributed by atoms with Crippen LogP contribution in [0.25, 0.3) is 10.8 Å². The van der Waals surface area contributed by atoms with Gasteiger partial charge in [-0.3, -0.25) is 19.7 Å². The molecule has 0 amide bonds. The Kier molecular flexibility index (Phi) is 4.65. The zero-order valence-electron chi connectivity index (χ0n) is 12.5. The number of ketones is 2. The molecular weight excluding hydrogens is 282 g/mol. The zero-order valence-corrected chi connectivity index (χ0v) is 12.5. The fourth-order valence-corrected chi connectivity index (χ4v) is 2.97. The van der Waals surface area contributed by atoms with E-state index < -0.39 is 23.3 Å². The highest BCUT2D eigenvalue weighted by molar-refractivity contribution is 6.02. The molecule has 0 aromatic heterocycles. The lowest BCUT2D eigenvalue weighted by atomic mass is 9.79. The highest BCUT2D eigenvalue weighted by Gasteiger charge is 2.35. The third-order valence-corrected chi connectivity index (χ3v) is 3.85. The molecule has 22 heavy (non-hydrogen) atoms. The minimum atomic E-state index is -0.990. The highest BCUT2D eigenvalue weighted by Crippen LogP contribution is 2.32. The van der Waals surface area contributed by atoms with E-state index in [0.29, 0.717) is 5.56 Å². The summed E-state index contributed by atoms with van der Waals surface area (Å²) in [7, 11) is 0. The molecule has 0 bridgehead atoms. The summed E-state index contributed by atoms with van der Waals surface area (Å²) in [5.41, 5.74) is 0.671. The molecule has 0 aliphatic carbocycles. The second-order valence-electron chi connectivity index (χ2n) is 5.39. The third-order valence-electron chi connectivity index (χ3n) is 3.85. The molecule has 2 rings (SSSR count). The Balaban J connectivity index is 2.64. The van der Waals surface area contributed by atoms with Crippen molar-refractivity contribution in [2.75, 3.05) is 6.54 Å². The standard InChI is InChI=1S/C17H17NO4/c1-11(19)17(12(2)20)16(10-18(21)22)15-9-5-7-13-6-3-4-8-14(13)15/h3-9,16-17H,10H2,1-2H3/t16-/m0/s1. The van der Waals surface area contributed by atoms with Crippen LogP contribution in [0.2, 0.25) is 0 Å². The molecule has 0 saturated heterocycles. The Bertz CT molecular complexity index is 719. The maximum atomic E-state index is 11.9. The quantitative estimate of drug-likeness (QED) is 0.466. The number of Topliss-reactive ketones (excluding diaryl/α,β-unsaturated/α-hetero) is 2. The fraction of sp³-hybridized carbons (Fsp3) is 0.294. The van der Waals surface area contributed by atoms with Gasteiger partial charge in [-0.05, 0) is 30.2 Å². The van der Waals surface area contributed by atoms with Gasteiger partial charge >= 0.3 is 0 Å². The number of benzene rings is 2. The number of fused-ring (bicyclic) bond motifs is 1. The first-order valence-corrected chi connectivity index (χ1v) is 7.02. The van der Waals surface area contributed by atoms with Gasteiger partial charge in [0, 0.05) is 4.92 Å². The van der Waals surface area contributed by atoms with Gasteiger partial charge in [0.05, 0.1) is 11.8 Å². The van der Waals surface area contributed by atoms with E-state index in [0.717, 1.165) is 10.8 Å². The molecular formula is C17H17NO4. The van der Waals surface area contributed by atoms with E-state index in [9.17, 15) is 19.7 Å². The minimum absolute atomic E-state index is 0.340. The van der Waals surface area contributed by atoms with Crippen molar-refractivity contribution in [1.82, 2.24) is 0 Å². The first-order valence-electron chi connectivity index (χ1n) is 7.02. The maximum absolute atomic E-state index is 11.9. The van der Waals surface area contributed by atoms with Gasteiger partial charge in [0.25, 0.3) is 0 Å². The largest absolute Gasteiger partial charge is 0.299 e. The van der Waals surface area contributed by atoms with Crippen molar-refractivity contribution in [3.05, 3.63) is 58.1 Å². The predicted molar refractivity (Wildman–Crippen MR) is 83.4 cm³/mol. The van der Waals surface area contributed by atoms with Gasteiger partial charge in [-0.25, -0.2) is 0 Å². The Labute approximate surface area is 128 Å². The molecule has 2 aromatic rings. The van der Waals surface area contributed by atoms with Crippen LogP contribution in [0, 0.1) is 16.0 Å². The number of nitro groups is 1.